The second kappa shape index (κ2) is 11.5. The Balaban J connectivity index is 1.36. The number of ether oxygens (including phenoxy) is 1. The first-order valence-electron chi connectivity index (χ1n) is 13.4. The average molecular weight is 530 g/mol. The molecule has 1 aliphatic heterocycles. The number of alkyl halides is 2. The molecule has 0 radical (unpaired) electrons. The molecule has 0 amide bonds. The third-order valence-corrected chi connectivity index (χ3v) is 7.26. The van der Waals surface area contributed by atoms with E-state index in [-0.39, 0.29) is 5.82 Å². The number of morpholine rings is 1. The highest BCUT2D eigenvalue weighted by Gasteiger charge is 2.25. The molecule has 206 valence electrons. The second-order valence-corrected chi connectivity index (χ2v) is 10.9. The van der Waals surface area contributed by atoms with E-state index < -0.39 is 12.0 Å². The maximum Gasteiger partial charge on any atom is 0.296 e. The smallest absolute Gasteiger partial charge is 0.296 e. The van der Waals surface area contributed by atoms with Crippen LogP contribution in [0.2, 0.25) is 0 Å². The third-order valence-electron chi connectivity index (χ3n) is 7.26. The highest BCUT2D eigenvalue weighted by atomic mass is 19.3. The van der Waals surface area contributed by atoms with Gasteiger partial charge in [0.25, 0.3) is 6.43 Å². The summed E-state index contributed by atoms with van der Waals surface area (Å²) >= 11 is 0. The fourth-order valence-electron chi connectivity index (χ4n) is 5.20. The first-order valence-corrected chi connectivity index (χ1v) is 13.4. The van der Waals surface area contributed by atoms with Gasteiger partial charge in [-0.1, -0.05) is 12.1 Å². The summed E-state index contributed by atoms with van der Waals surface area (Å²) < 4.78 is 35.1. The van der Waals surface area contributed by atoms with E-state index in [1.807, 2.05) is 19.9 Å². The number of imidazole rings is 1. The van der Waals surface area contributed by atoms with Crippen LogP contribution in [-0.2, 0) is 4.74 Å². The Hall–Kier alpha value is -2.89. The first-order chi connectivity index (χ1) is 18.3. The lowest BCUT2D eigenvalue weighted by Gasteiger charge is -2.31. The zero-order valence-electron chi connectivity index (χ0n) is 22.0. The molecular weight excluding hydrogens is 492 g/mol. The third kappa shape index (κ3) is 6.39. The number of hydrogen-bond donors (Lipinski definition) is 3. The molecule has 11 heteroatoms. The molecular formula is C27H37F2N7O2. The molecule has 2 aromatic heterocycles. The molecule has 38 heavy (non-hydrogen) atoms. The summed E-state index contributed by atoms with van der Waals surface area (Å²) in [5, 5.41) is 16.9. The van der Waals surface area contributed by atoms with Crippen molar-refractivity contribution in [2.45, 2.75) is 57.6 Å². The van der Waals surface area contributed by atoms with Crippen molar-refractivity contribution in [3.05, 3.63) is 36.2 Å². The minimum Gasteiger partial charge on any atom is -0.389 e. The zero-order chi connectivity index (χ0) is 26.7. The lowest BCUT2D eigenvalue weighted by Crippen LogP contribution is -2.42. The lowest BCUT2D eigenvalue weighted by molar-refractivity contribution is 0.0736. The number of para-hydroxylation sites is 2. The maximum atomic E-state index is 14.1. The molecule has 5 rings (SSSR count). The van der Waals surface area contributed by atoms with E-state index in [1.54, 1.807) is 24.3 Å². The first kappa shape index (κ1) is 26.7. The summed E-state index contributed by atoms with van der Waals surface area (Å²) in [5.74, 6) is 1.59. The Kier molecular flexibility index (Phi) is 8.06. The molecule has 3 aromatic rings. The van der Waals surface area contributed by atoms with Crippen LogP contribution in [0.15, 0.2) is 30.3 Å². The molecule has 0 atom stereocenters. The van der Waals surface area contributed by atoms with E-state index in [2.05, 4.69) is 25.5 Å². The molecule has 2 fully saturated rings. The van der Waals surface area contributed by atoms with E-state index in [0.29, 0.717) is 80.0 Å². The van der Waals surface area contributed by atoms with Crippen molar-refractivity contribution >= 4 is 22.8 Å². The number of anilines is 2. The van der Waals surface area contributed by atoms with Crippen LogP contribution in [0.1, 0.15) is 51.8 Å². The van der Waals surface area contributed by atoms with E-state index in [0.717, 1.165) is 25.7 Å². The average Bonchev–Trinajstić information content (AvgIpc) is 3.31. The predicted octanol–water partition coefficient (Wildman–Crippen LogP) is 3.92. The number of nitrogens with one attached hydrogen (secondary N) is 2. The van der Waals surface area contributed by atoms with Crippen molar-refractivity contribution < 1.29 is 18.6 Å². The van der Waals surface area contributed by atoms with Crippen molar-refractivity contribution in [1.82, 2.24) is 24.8 Å². The largest absolute Gasteiger partial charge is 0.389 e. The SMILES string of the molecule is CC(C)(O)CN[C@H]1CC[C@H](CNc2nc(N3CCOCC3)cc(-n3c(C(F)F)nc4ccccc43)n2)CC1. The maximum absolute atomic E-state index is 14.1. The number of aromatic nitrogens is 4. The Morgan fingerprint density at radius 3 is 2.47 bits per heavy atom. The van der Waals surface area contributed by atoms with Crippen LogP contribution in [0, 0.1) is 5.92 Å². The van der Waals surface area contributed by atoms with E-state index in [1.165, 1.54) is 4.57 Å². The van der Waals surface area contributed by atoms with Gasteiger partial charge in [0, 0.05) is 38.3 Å². The predicted molar refractivity (Wildman–Crippen MR) is 143 cm³/mol. The van der Waals surface area contributed by atoms with Crippen LogP contribution in [0.25, 0.3) is 16.9 Å². The molecule has 3 heterocycles. The molecule has 0 spiro atoms. The van der Waals surface area contributed by atoms with Gasteiger partial charge in [-0.3, -0.25) is 4.57 Å². The van der Waals surface area contributed by atoms with Crippen molar-refractivity contribution in [1.29, 1.82) is 0 Å². The van der Waals surface area contributed by atoms with Gasteiger partial charge in [-0.05, 0) is 57.6 Å². The van der Waals surface area contributed by atoms with E-state index in [4.69, 9.17) is 9.72 Å². The number of aliphatic hydroxyl groups is 1. The minimum absolute atomic E-state index is 0.333. The Morgan fingerprint density at radius 1 is 1.05 bits per heavy atom. The van der Waals surface area contributed by atoms with Gasteiger partial charge in [-0.15, -0.1) is 0 Å². The lowest BCUT2D eigenvalue weighted by atomic mass is 9.86. The number of rotatable bonds is 9. The monoisotopic (exact) mass is 529 g/mol. The molecule has 3 N–H and O–H groups in total. The highest BCUT2D eigenvalue weighted by molar-refractivity contribution is 5.78. The van der Waals surface area contributed by atoms with Crippen molar-refractivity contribution in [3.8, 4) is 5.82 Å². The van der Waals surface area contributed by atoms with Gasteiger partial charge in [0.1, 0.15) is 11.6 Å². The molecule has 0 unspecified atom stereocenters. The van der Waals surface area contributed by atoms with Gasteiger partial charge in [-0.25, -0.2) is 13.8 Å². The van der Waals surface area contributed by atoms with E-state index >= 15 is 0 Å². The summed E-state index contributed by atoms with van der Waals surface area (Å²) in [5.41, 5.74) is 0.361. The summed E-state index contributed by atoms with van der Waals surface area (Å²) in [6.07, 6.45) is 1.44. The van der Waals surface area contributed by atoms with Crippen LogP contribution >= 0.6 is 0 Å². The topological polar surface area (TPSA) is 100 Å². The van der Waals surface area contributed by atoms with Crippen LogP contribution in [0.4, 0.5) is 20.5 Å². The number of fused-ring (bicyclic) bond motifs is 1. The molecule has 2 aliphatic rings. The van der Waals surface area contributed by atoms with Gasteiger partial charge >= 0.3 is 0 Å². The van der Waals surface area contributed by atoms with Crippen molar-refractivity contribution in [2.24, 2.45) is 5.92 Å². The molecule has 9 nitrogen and oxygen atoms in total. The Labute approximate surface area is 221 Å². The molecule has 1 saturated heterocycles. The fourth-order valence-corrected chi connectivity index (χ4v) is 5.20. The fraction of sp³-hybridized carbons (Fsp3) is 0.593. The van der Waals surface area contributed by atoms with Gasteiger partial charge in [0.05, 0.1) is 29.8 Å². The number of benzene rings is 1. The van der Waals surface area contributed by atoms with Gasteiger partial charge < -0.3 is 25.4 Å². The van der Waals surface area contributed by atoms with Gasteiger partial charge in [-0.2, -0.15) is 9.97 Å². The number of halogens is 2. The van der Waals surface area contributed by atoms with Gasteiger partial charge in [0.15, 0.2) is 5.82 Å². The molecule has 1 aromatic carbocycles. The summed E-state index contributed by atoms with van der Waals surface area (Å²) in [7, 11) is 0. The molecule has 0 bridgehead atoms. The summed E-state index contributed by atoms with van der Waals surface area (Å²) in [6.45, 7) is 7.42. The van der Waals surface area contributed by atoms with Crippen LogP contribution in [0.3, 0.4) is 0 Å². The second-order valence-electron chi connectivity index (χ2n) is 10.9. The summed E-state index contributed by atoms with van der Waals surface area (Å²) in [6, 6.07) is 9.28. The molecule has 1 saturated carbocycles. The number of hydrogen-bond acceptors (Lipinski definition) is 8. The Bertz CT molecular complexity index is 1220. The zero-order valence-corrected chi connectivity index (χ0v) is 22.0. The highest BCUT2D eigenvalue weighted by Crippen LogP contribution is 2.30. The standard InChI is InChI=1S/C27H37F2N7O2/c1-27(2,37)17-31-19-9-7-18(8-10-19)16-30-26-33-22(35-11-13-38-14-12-35)15-23(34-26)36-21-6-4-3-5-20(21)32-25(36)24(28)29/h3-6,15,18-19,24,31,37H,7-14,16-17H2,1-2H3,(H,30,33,34)/t18-,19-. The summed E-state index contributed by atoms with van der Waals surface area (Å²) in [4.78, 5) is 15.7. The molecule has 1 aliphatic carbocycles. The quantitative estimate of drug-likeness (QED) is 0.384. The normalized spacial score (nSPS) is 20.8. The Morgan fingerprint density at radius 2 is 1.76 bits per heavy atom. The van der Waals surface area contributed by atoms with Gasteiger partial charge in [0.2, 0.25) is 5.95 Å². The van der Waals surface area contributed by atoms with E-state index in [9.17, 15) is 13.9 Å². The van der Waals surface area contributed by atoms with Crippen LogP contribution in [0.5, 0.6) is 0 Å². The van der Waals surface area contributed by atoms with Crippen molar-refractivity contribution in [3.63, 3.8) is 0 Å². The van der Waals surface area contributed by atoms with Crippen LogP contribution in [-0.4, -0.2) is 75.7 Å². The van der Waals surface area contributed by atoms with Crippen LogP contribution < -0.4 is 15.5 Å². The van der Waals surface area contributed by atoms with Crippen molar-refractivity contribution in [2.75, 3.05) is 49.6 Å². The minimum atomic E-state index is -2.75. The number of nitrogens with zero attached hydrogens (tertiary/aromatic N) is 5.